The third-order valence-corrected chi connectivity index (χ3v) is 7.51. The van der Waals surface area contributed by atoms with E-state index in [2.05, 4.69) is 22.4 Å². The smallest absolute Gasteiger partial charge is 0.274 e. The van der Waals surface area contributed by atoms with Crippen LogP contribution in [0.15, 0.2) is 54.7 Å². The Hall–Kier alpha value is -3.15. The molecular formula is C26H30N4O2. The Morgan fingerprint density at radius 2 is 1.81 bits per heavy atom. The van der Waals surface area contributed by atoms with Crippen molar-refractivity contribution in [2.75, 3.05) is 13.1 Å². The Labute approximate surface area is 188 Å². The molecule has 0 radical (unpaired) electrons. The van der Waals surface area contributed by atoms with Gasteiger partial charge >= 0.3 is 0 Å². The fraction of sp³-hybridized carbons (Fsp3) is 0.423. The standard InChI is InChI=1S/C26H30N4O2/c1-19-24(28-22-9-5-6-16-30(19)22)25(32)29-17-14-26(15-18-29)13-12-21(26)27-23(31)11-10-20-7-3-2-4-8-20/h2-9,16,21H,10-15,17-18H2,1H3,(H,27,31). The van der Waals surface area contributed by atoms with Gasteiger partial charge in [-0.05, 0) is 62.1 Å². The van der Waals surface area contributed by atoms with E-state index in [9.17, 15) is 9.59 Å². The minimum absolute atomic E-state index is 0.0174. The summed E-state index contributed by atoms with van der Waals surface area (Å²) in [5, 5.41) is 3.29. The highest BCUT2D eigenvalue weighted by Crippen LogP contribution is 2.49. The Morgan fingerprint density at radius 3 is 2.50 bits per heavy atom. The van der Waals surface area contributed by atoms with Crippen molar-refractivity contribution in [2.45, 2.75) is 51.5 Å². The van der Waals surface area contributed by atoms with Crippen LogP contribution in [0.4, 0.5) is 0 Å². The van der Waals surface area contributed by atoms with Crippen LogP contribution in [-0.4, -0.2) is 45.2 Å². The minimum Gasteiger partial charge on any atom is -0.353 e. The zero-order chi connectivity index (χ0) is 22.1. The molecule has 1 unspecified atom stereocenters. The second kappa shape index (κ2) is 8.41. The fourth-order valence-corrected chi connectivity index (χ4v) is 5.32. The number of aromatic nitrogens is 2. The number of carbonyl (C=O) groups is 2. The largest absolute Gasteiger partial charge is 0.353 e. The van der Waals surface area contributed by atoms with Gasteiger partial charge in [0.15, 0.2) is 0 Å². The number of hydrogen-bond acceptors (Lipinski definition) is 3. The van der Waals surface area contributed by atoms with Gasteiger partial charge < -0.3 is 14.6 Å². The van der Waals surface area contributed by atoms with Crippen LogP contribution in [0.3, 0.4) is 0 Å². The number of nitrogens with zero attached hydrogens (tertiary/aromatic N) is 3. The summed E-state index contributed by atoms with van der Waals surface area (Å²) in [4.78, 5) is 32.2. The third-order valence-electron chi connectivity index (χ3n) is 7.51. The molecule has 32 heavy (non-hydrogen) atoms. The van der Waals surface area contributed by atoms with Crippen LogP contribution >= 0.6 is 0 Å². The molecule has 1 saturated heterocycles. The van der Waals surface area contributed by atoms with Crippen LogP contribution in [0.2, 0.25) is 0 Å². The van der Waals surface area contributed by atoms with Crippen LogP contribution < -0.4 is 5.32 Å². The van der Waals surface area contributed by atoms with Crippen molar-refractivity contribution in [3.05, 3.63) is 71.7 Å². The van der Waals surface area contributed by atoms with Gasteiger partial charge in [-0.25, -0.2) is 4.98 Å². The van der Waals surface area contributed by atoms with Crippen molar-refractivity contribution in [3.63, 3.8) is 0 Å². The lowest BCUT2D eigenvalue weighted by Gasteiger charge is -2.54. The average Bonchev–Trinajstić information content (AvgIpc) is 3.17. The number of aryl methyl sites for hydroxylation is 2. The quantitative estimate of drug-likeness (QED) is 0.670. The maximum Gasteiger partial charge on any atom is 0.274 e. The van der Waals surface area contributed by atoms with E-state index in [1.54, 1.807) is 0 Å². The van der Waals surface area contributed by atoms with Crippen molar-refractivity contribution in [3.8, 4) is 0 Å². The first kappa shape index (κ1) is 20.7. The predicted octanol–water partition coefficient (Wildman–Crippen LogP) is 3.78. The van der Waals surface area contributed by atoms with Gasteiger partial charge in [0.25, 0.3) is 5.91 Å². The fourth-order valence-electron chi connectivity index (χ4n) is 5.32. The first-order chi connectivity index (χ1) is 15.6. The first-order valence-electron chi connectivity index (χ1n) is 11.6. The summed E-state index contributed by atoms with van der Waals surface area (Å²) in [7, 11) is 0. The maximum absolute atomic E-state index is 13.2. The summed E-state index contributed by atoms with van der Waals surface area (Å²) in [6, 6.07) is 16.2. The molecule has 5 rings (SSSR count). The lowest BCUT2D eigenvalue weighted by Crippen LogP contribution is -2.59. The second-order valence-corrected chi connectivity index (χ2v) is 9.27. The first-order valence-corrected chi connectivity index (χ1v) is 11.6. The lowest BCUT2D eigenvalue weighted by molar-refractivity contribution is -0.125. The highest BCUT2D eigenvalue weighted by atomic mass is 16.2. The van der Waals surface area contributed by atoms with Crippen LogP contribution in [0, 0.1) is 12.3 Å². The zero-order valence-corrected chi connectivity index (χ0v) is 18.6. The van der Waals surface area contributed by atoms with Gasteiger partial charge in [0.2, 0.25) is 5.91 Å². The number of nitrogens with one attached hydrogen (secondary N) is 1. The molecule has 1 N–H and O–H groups in total. The van der Waals surface area contributed by atoms with E-state index in [4.69, 9.17) is 0 Å². The molecule has 1 spiro atoms. The summed E-state index contributed by atoms with van der Waals surface area (Å²) in [5.74, 6) is 0.153. The van der Waals surface area contributed by atoms with E-state index in [1.807, 2.05) is 58.8 Å². The lowest BCUT2D eigenvalue weighted by atomic mass is 9.59. The van der Waals surface area contributed by atoms with E-state index < -0.39 is 0 Å². The Bertz CT molecular complexity index is 1130. The molecule has 1 saturated carbocycles. The van der Waals surface area contributed by atoms with Gasteiger partial charge in [-0.1, -0.05) is 36.4 Å². The number of likely N-dealkylation sites (tertiary alicyclic amines) is 1. The topological polar surface area (TPSA) is 66.7 Å². The van der Waals surface area contributed by atoms with Gasteiger partial charge in [-0.2, -0.15) is 0 Å². The van der Waals surface area contributed by atoms with Gasteiger partial charge in [0, 0.05) is 31.7 Å². The summed E-state index contributed by atoms with van der Waals surface area (Å²) in [6.07, 6.45) is 7.28. The monoisotopic (exact) mass is 430 g/mol. The number of amides is 2. The number of benzene rings is 1. The van der Waals surface area contributed by atoms with E-state index in [1.165, 1.54) is 5.56 Å². The molecule has 3 heterocycles. The number of pyridine rings is 1. The summed E-state index contributed by atoms with van der Waals surface area (Å²) < 4.78 is 1.96. The molecule has 6 heteroatoms. The van der Waals surface area contributed by atoms with Gasteiger partial charge in [-0.15, -0.1) is 0 Å². The zero-order valence-electron chi connectivity index (χ0n) is 18.6. The Balaban J connectivity index is 1.17. The molecule has 2 amide bonds. The normalized spacial score (nSPS) is 19.7. The highest BCUT2D eigenvalue weighted by Gasteiger charge is 2.49. The predicted molar refractivity (Wildman–Crippen MR) is 123 cm³/mol. The third kappa shape index (κ3) is 3.78. The molecular weight excluding hydrogens is 400 g/mol. The molecule has 1 aliphatic carbocycles. The molecule has 3 aromatic rings. The van der Waals surface area contributed by atoms with Crippen molar-refractivity contribution in [2.24, 2.45) is 5.41 Å². The number of carbonyl (C=O) groups excluding carboxylic acids is 2. The van der Waals surface area contributed by atoms with E-state index in [-0.39, 0.29) is 23.3 Å². The number of imidazole rings is 1. The molecule has 2 aromatic heterocycles. The summed E-state index contributed by atoms with van der Waals surface area (Å²) >= 11 is 0. The van der Waals surface area contributed by atoms with Crippen molar-refractivity contribution in [1.82, 2.24) is 19.6 Å². The van der Waals surface area contributed by atoms with Gasteiger partial charge in [0.05, 0.1) is 5.69 Å². The van der Waals surface area contributed by atoms with Crippen LogP contribution in [-0.2, 0) is 11.2 Å². The number of hydrogen-bond donors (Lipinski definition) is 1. The van der Waals surface area contributed by atoms with E-state index in [0.717, 1.165) is 56.5 Å². The summed E-state index contributed by atoms with van der Waals surface area (Å²) in [6.45, 7) is 3.40. The highest BCUT2D eigenvalue weighted by molar-refractivity contribution is 5.94. The molecule has 2 aliphatic rings. The van der Waals surface area contributed by atoms with E-state index in [0.29, 0.717) is 12.1 Å². The molecule has 0 bridgehead atoms. The molecule has 2 fully saturated rings. The second-order valence-electron chi connectivity index (χ2n) is 9.27. The molecule has 1 atom stereocenters. The van der Waals surface area contributed by atoms with Crippen molar-refractivity contribution >= 4 is 17.5 Å². The molecule has 166 valence electrons. The maximum atomic E-state index is 13.2. The average molecular weight is 431 g/mol. The van der Waals surface area contributed by atoms with Crippen molar-refractivity contribution in [1.29, 1.82) is 0 Å². The minimum atomic E-state index is 0.0174. The van der Waals surface area contributed by atoms with E-state index >= 15 is 0 Å². The van der Waals surface area contributed by atoms with Crippen molar-refractivity contribution < 1.29 is 9.59 Å². The molecule has 6 nitrogen and oxygen atoms in total. The number of piperidine rings is 1. The van der Waals surface area contributed by atoms with Gasteiger partial charge in [0.1, 0.15) is 11.3 Å². The van der Waals surface area contributed by atoms with Crippen LogP contribution in [0.5, 0.6) is 0 Å². The Kier molecular flexibility index (Phi) is 5.45. The van der Waals surface area contributed by atoms with Crippen LogP contribution in [0.1, 0.15) is 53.8 Å². The Morgan fingerprint density at radius 1 is 1.06 bits per heavy atom. The van der Waals surface area contributed by atoms with Gasteiger partial charge in [-0.3, -0.25) is 9.59 Å². The number of fused-ring (bicyclic) bond motifs is 1. The van der Waals surface area contributed by atoms with Crippen LogP contribution in [0.25, 0.3) is 5.65 Å². The number of rotatable bonds is 5. The molecule has 1 aromatic carbocycles. The summed E-state index contributed by atoms with van der Waals surface area (Å²) in [5.41, 5.74) is 3.58. The molecule has 1 aliphatic heterocycles. The SMILES string of the molecule is Cc1c(C(=O)N2CCC3(CCC3NC(=O)CCc3ccccc3)CC2)nc2ccccn12.